The predicted molar refractivity (Wildman–Crippen MR) is 136 cm³/mol. The number of aromatic nitrogens is 2. The van der Waals surface area contributed by atoms with Gasteiger partial charge in [0.25, 0.3) is 0 Å². The maximum Gasteiger partial charge on any atom is 0.329 e. The Morgan fingerprint density at radius 1 is 1.15 bits per heavy atom. The SMILES string of the molecule is C=CCn1cc(-c2cccc(Oc3ccc(C(C)(C)C)cc3)c2)n([C@@H](CCCC)C(=O)O)c1=O. The van der Waals surface area contributed by atoms with Gasteiger partial charge in [-0.3, -0.25) is 9.13 Å². The molecule has 6 heteroatoms. The second-order valence-corrected chi connectivity index (χ2v) is 9.51. The fourth-order valence-corrected chi connectivity index (χ4v) is 3.93. The Balaban J connectivity index is 2.00. The smallest absolute Gasteiger partial charge is 0.329 e. The molecule has 0 spiro atoms. The predicted octanol–water partition coefficient (Wildman–Crippen LogP) is 6.41. The third-order valence-electron chi connectivity index (χ3n) is 5.83. The summed E-state index contributed by atoms with van der Waals surface area (Å²) in [6, 6.07) is 14.4. The largest absolute Gasteiger partial charge is 0.480 e. The molecule has 6 nitrogen and oxygen atoms in total. The van der Waals surface area contributed by atoms with E-state index in [-0.39, 0.29) is 11.1 Å². The molecule has 3 rings (SSSR count). The number of imidazole rings is 1. The summed E-state index contributed by atoms with van der Waals surface area (Å²) in [6.07, 6.45) is 5.26. The van der Waals surface area contributed by atoms with Crippen LogP contribution in [0.1, 0.15) is 58.6 Å². The lowest BCUT2D eigenvalue weighted by Gasteiger charge is -2.19. The standard InChI is InChI=1S/C28H34N2O4/c1-6-8-12-24(26(31)32)30-25(19-29(17-7-2)27(30)33)20-10-9-11-23(18-20)34-22-15-13-21(14-16-22)28(3,4)5/h7,9-11,13-16,18-19,24H,2,6,8,12,17H2,1,3-5H3,(H,31,32)/t24-/m0/s1. The number of rotatable bonds is 10. The molecule has 0 fully saturated rings. The number of hydrogen-bond acceptors (Lipinski definition) is 3. The van der Waals surface area contributed by atoms with Crippen LogP contribution in [0, 0.1) is 0 Å². The third kappa shape index (κ3) is 5.68. The number of allylic oxidation sites excluding steroid dienone is 1. The number of carbonyl (C=O) groups is 1. The number of hydrogen-bond donors (Lipinski definition) is 1. The monoisotopic (exact) mass is 462 g/mol. The van der Waals surface area contributed by atoms with Crippen LogP contribution in [-0.4, -0.2) is 20.2 Å². The van der Waals surface area contributed by atoms with E-state index in [1.807, 2.05) is 43.3 Å². The van der Waals surface area contributed by atoms with Gasteiger partial charge < -0.3 is 9.84 Å². The Morgan fingerprint density at radius 2 is 1.85 bits per heavy atom. The summed E-state index contributed by atoms with van der Waals surface area (Å²) in [7, 11) is 0. The molecule has 180 valence electrons. The van der Waals surface area contributed by atoms with Crippen LogP contribution in [0.15, 0.2) is 72.2 Å². The molecule has 0 amide bonds. The van der Waals surface area contributed by atoms with Gasteiger partial charge in [-0.15, -0.1) is 6.58 Å². The molecule has 0 saturated carbocycles. The van der Waals surface area contributed by atoms with Crippen LogP contribution in [0.2, 0.25) is 0 Å². The van der Waals surface area contributed by atoms with Crippen molar-refractivity contribution in [3.05, 3.63) is 83.4 Å². The van der Waals surface area contributed by atoms with Crippen LogP contribution in [0.3, 0.4) is 0 Å². The fourth-order valence-electron chi connectivity index (χ4n) is 3.93. The molecule has 3 aromatic rings. The van der Waals surface area contributed by atoms with Gasteiger partial charge in [-0.1, -0.05) is 70.9 Å². The number of ether oxygens (including phenoxy) is 1. The molecule has 1 N–H and O–H groups in total. The first-order valence-electron chi connectivity index (χ1n) is 11.7. The van der Waals surface area contributed by atoms with Crippen molar-refractivity contribution >= 4 is 5.97 Å². The zero-order valence-corrected chi connectivity index (χ0v) is 20.5. The molecule has 1 heterocycles. The van der Waals surface area contributed by atoms with Crippen molar-refractivity contribution < 1.29 is 14.6 Å². The number of benzene rings is 2. The van der Waals surface area contributed by atoms with Gasteiger partial charge in [-0.05, 0) is 41.7 Å². The minimum atomic E-state index is -1.01. The first-order valence-corrected chi connectivity index (χ1v) is 11.7. The first-order chi connectivity index (χ1) is 16.2. The minimum absolute atomic E-state index is 0.0547. The van der Waals surface area contributed by atoms with E-state index in [0.717, 1.165) is 6.42 Å². The number of carboxylic acid groups (broad SMARTS) is 1. The Kier molecular flexibility index (Phi) is 7.82. The summed E-state index contributed by atoms with van der Waals surface area (Å²) < 4.78 is 8.96. The number of aliphatic carboxylic acids is 1. The van der Waals surface area contributed by atoms with E-state index < -0.39 is 12.0 Å². The van der Waals surface area contributed by atoms with E-state index >= 15 is 0 Å². The quantitative estimate of drug-likeness (QED) is 0.353. The molecule has 34 heavy (non-hydrogen) atoms. The number of unbranched alkanes of at least 4 members (excludes halogenated alkanes) is 1. The second-order valence-electron chi connectivity index (χ2n) is 9.51. The zero-order valence-electron chi connectivity index (χ0n) is 20.5. The van der Waals surface area contributed by atoms with Crippen LogP contribution < -0.4 is 10.4 Å². The van der Waals surface area contributed by atoms with Crippen LogP contribution in [0.5, 0.6) is 11.5 Å². The van der Waals surface area contributed by atoms with Crippen molar-refractivity contribution in [1.29, 1.82) is 0 Å². The topological polar surface area (TPSA) is 73.5 Å². The Morgan fingerprint density at radius 3 is 2.44 bits per heavy atom. The molecular weight excluding hydrogens is 428 g/mol. The van der Waals surface area contributed by atoms with Crippen molar-refractivity contribution in [3.8, 4) is 22.8 Å². The average Bonchev–Trinajstić information content (AvgIpc) is 3.10. The Bertz CT molecular complexity index is 1200. The van der Waals surface area contributed by atoms with Crippen LogP contribution in [-0.2, 0) is 16.8 Å². The van der Waals surface area contributed by atoms with Crippen LogP contribution >= 0.6 is 0 Å². The molecule has 0 radical (unpaired) electrons. The molecule has 0 bridgehead atoms. The van der Waals surface area contributed by atoms with Crippen LogP contribution in [0.25, 0.3) is 11.3 Å². The van der Waals surface area contributed by atoms with E-state index in [9.17, 15) is 14.7 Å². The normalized spacial score (nSPS) is 12.4. The summed E-state index contributed by atoms with van der Waals surface area (Å²) in [6.45, 7) is 12.5. The zero-order chi connectivity index (χ0) is 24.9. The molecule has 0 aliphatic carbocycles. The summed E-state index contributed by atoms with van der Waals surface area (Å²) >= 11 is 0. The Labute approximate surface area is 201 Å². The van der Waals surface area contributed by atoms with E-state index in [0.29, 0.717) is 42.1 Å². The maximum atomic E-state index is 13.1. The molecule has 0 unspecified atom stereocenters. The van der Waals surface area contributed by atoms with Crippen molar-refractivity contribution in [2.75, 3.05) is 0 Å². The molecule has 0 aliphatic heterocycles. The summed E-state index contributed by atoms with van der Waals surface area (Å²) in [5.41, 5.74) is 2.17. The van der Waals surface area contributed by atoms with Crippen molar-refractivity contribution in [3.63, 3.8) is 0 Å². The number of carboxylic acids is 1. The lowest BCUT2D eigenvalue weighted by Crippen LogP contribution is -2.31. The molecule has 0 saturated heterocycles. The molecular formula is C28H34N2O4. The van der Waals surface area contributed by atoms with Gasteiger partial charge >= 0.3 is 11.7 Å². The lowest BCUT2D eigenvalue weighted by atomic mass is 9.87. The van der Waals surface area contributed by atoms with Gasteiger partial charge in [0.2, 0.25) is 0 Å². The lowest BCUT2D eigenvalue weighted by molar-refractivity contribution is -0.141. The van der Waals surface area contributed by atoms with E-state index in [1.165, 1.54) is 14.7 Å². The second kappa shape index (κ2) is 10.6. The van der Waals surface area contributed by atoms with E-state index in [4.69, 9.17) is 4.74 Å². The Hall–Kier alpha value is -3.54. The summed E-state index contributed by atoms with van der Waals surface area (Å²) in [4.78, 5) is 25.2. The highest BCUT2D eigenvalue weighted by Gasteiger charge is 2.26. The highest BCUT2D eigenvalue weighted by atomic mass is 16.5. The van der Waals surface area contributed by atoms with E-state index in [1.54, 1.807) is 12.3 Å². The molecule has 0 aliphatic rings. The highest BCUT2D eigenvalue weighted by molar-refractivity contribution is 5.74. The van der Waals surface area contributed by atoms with Crippen molar-refractivity contribution in [1.82, 2.24) is 9.13 Å². The third-order valence-corrected chi connectivity index (χ3v) is 5.83. The average molecular weight is 463 g/mol. The minimum Gasteiger partial charge on any atom is -0.480 e. The van der Waals surface area contributed by atoms with Crippen molar-refractivity contribution in [2.45, 2.75) is 65.0 Å². The van der Waals surface area contributed by atoms with Gasteiger partial charge in [-0.25, -0.2) is 9.59 Å². The van der Waals surface area contributed by atoms with Gasteiger partial charge in [0, 0.05) is 18.3 Å². The maximum absolute atomic E-state index is 13.1. The van der Waals surface area contributed by atoms with Gasteiger partial charge in [0.05, 0.1) is 5.69 Å². The first kappa shape index (κ1) is 25.1. The molecule has 2 aromatic carbocycles. The van der Waals surface area contributed by atoms with E-state index in [2.05, 4.69) is 39.5 Å². The molecule has 1 aromatic heterocycles. The summed E-state index contributed by atoms with van der Waals surface area (Å²) in [5, 5.41) is 9.90. The van der Waals surface area contributed by atoms with Crippen molar-refractivity contribution in [2.24, 2.45) is 0 Å². The summed E-state index contributed by atoms with van der Waals surface area (Å²) in [5.74, 6) is 0.300. The van der Waals surface area contributed by atoms with Gasteiger partial charge in [-0.2, -0.15) is 0 Å². The fraction of sp³-hybridized carbons (Fsp3) is 0.357. The number of nitrogens with zero attached hydrogens (tertiary/aromatic N) is 2. The van der Waals surface area contributed by atoms with Gasteiger partial charge in [0.15, 0.2) is 0 Å². The van der Waals surface area contributed by atoms with Gasteiger partial charge in [0.1, 0.15) is 17.5 Å². The molecule has 1 atom stereocenters. The highest BCUT2D eigenvalue weighted by Crippen LogP contribution is 2.31. The van der Waals surface area contributed by atoms with Crippen LogP contribution in [0.4, 0.5) is 0 Å².